The molecule has 0 aliphatic heterocycles. The fraction of sp³-hybridized carbons (Fsp3) is 0.500. The van der Waals surface area contributed by atoms with E-state index in [9.17, 15) is 9.90 Å². The van der Waals surface area contributed by atoms with Crippen LogP contribution in [0.5, 0.6) is 0 Å². The molecule has 0 bridgehead atoms. The lowest BCUT2D eigenvalue weighted by atomic mass is 10.2. The van der Waals surface area contributed by atoms with Crippen LogP contribution < -0.4 is 0 Å². The minimum atomic E-state index is -0.952. The zero-order chi connectivity index (χ0) is 14.3. The highest BCUT2D eigenvalue weighted by Crippen LogP contribution is 2.24. The van der Waals surface area contributed by atoms with E-state index in [4.69, 9.17) is 0 Å². The molecule has 0 unspecified atom stereocenters. The fourth-order valence-electron chi connectivity index (χ4n) is 1.77. The molecule has 0 spiro atoms. The van der Waals surface area contributed by atoms with Crippen molar-refractivity contribution < 1.29 is 9.90 Å². The molecule has 1 aromatic rings. The molecule has 0 radical (unpaired) electrons. The highest BCUT2D eigenvalue weighted by molar-refractivity contribution is 7.99. The minimum absolute atomic E-state index is 0.238. The Morgan fingerprint density at radius 2 is 2.05 bits per heavy atom. The van der Waals surface area contributed by atoms with Gasteiger partial charge in [-0.25, -0.2) is 14.8 Å². The van der Waals surface area contributed by atoms with Gasteiger partial charge in [-0.2, -0.15) is 0 Å². The van der Waals surface area contributed by atoms with E-state index in [1.165, 1.54) is 11.8 Å². The van der Waals surface area contributed by atoms with Gasteiger partial charge in [-0.15, -0.1) is 18.3 Å². The van der Waals surface area contributed by atoms with Gasteiger partial charge in [-0.05, 0) is 38.9 Å². The van der Waals surface area contributed by atoms with Crippen molar-refractivity contribution in [1.82, 2.24) is 9.97 Å². The molecular weight excluding hydrogens is 260 g/mol. The number of hydrogen-bond acceptors (Lipinski definition) is 4. The Morgan fingerprint density at radius 3 is 2.68 bits per heavy atom. The quantitative estimate of drug-likeness (QED) is 0.341. The number of carbonyl (C=O) groups is 1. The molecule has 0 fully saturated rings. The number of unbranched alkanes of at least 4 members (excludes halogenated alkanes) is 3. The van der Waals surface area contributed by atoms with Crippen LogP contribution in [0.1, 0.15) is 47.6 Å². The Balaban J connectivity index is 2.62. The van der Waals surface area contributed by atoms with Crippen molar-refractivity contribution in [1.29, 1.82) is 0 Å². The number of nitrogens with zero attached hydrogens (tertiary/aromatic N) is 2. The first-order chi connectivity index (χ1) is 9.06. The predicted molar refractivity (Wildman–Crippen MR) is 77.9 cm³/mol. The first-order valence-electron chi connectivity index (χ1n) is 6.38. The third-order valence-corrected chi connectivity index (χ3v) is 3.74. The molecule has 0 aliphatic rings. The van der Waals surface area contributed by atoms with Crippen molar-refractivity contribution in [2.75, 3.05) is 5.75 Å². The summed E-state index contributed by atoms with van der Waals surface area (Å²) < 4.78 is 0. The van der Waals surface area contributed by atoms with Crippen molar-refractivity contribution in [2.45, 2.75) is 44.6 Å². The van der Waals surface area contributed by atoms with E-state index in [0.717, 1.165) is 31.4 Å². The van der Waals surface area contributed by atoms with Crippen LogP contribution in [0.3, 0.4) is 0 Å². The fourth-order valence-corrected chi connectivity index (χ4v) is 2.89. The predicted octanol–water partition coefficient (Wildman–Crippen LogP) is 3.63. The molecule has 5 heteroatoms. The summed E-state index contributed by atoms with van der Waals surface area (Å²) in [5, 5.41) is 9.79. The molecule has 1 rings (SSSR count). The minimum Gasteiger partial charge on any atom is -0.478 e. The number of aromatic nitrogens is 2. The van der Waals surface area contributed by atoms with Gasteiger partial charge in [0.05, 0.1) is 5.69 Å². The summed E-state index contributed by atoms with van der Waals surface area (Å²) in [4.78, 5) is 19.6. The van der Waals surface area contributed by atoms with Gasteiger partial charge in [0, 0.05) is 0 Å². The smallest absolute Gasteiger partial charge is 0.340 e. The van der Waals surface area contributed by atoms with Gasteiger partial charge in [0.1, 0.15) is 16.4 Å². The van der Waals surface area contributed by atoms with Gasteiger partial charge in [-0.3, -0.25) is 0 Å². The standard InChI is InChI=1S/C14H20N2O2S/c1-4-5-6-7-8-9-19-13-12(14(17)18)10(2)15-11(3)16-13/h4H,1,5-9H2,2-3H3,(H,17,18). The van der Waals surface area contributed by atoms with Gasteiger partial charge in [0.25, 0.3) is 0 Å². The summed E-state index contributed by atoms with van der Waals surface area (Å²) in [5.41, 5.74) is 0.774. The number of hydrogen-bond donors (Lipinski definition) is 1. The molecule has 19 heavy (non-hydrogen) atoms. The van der Waals surface area contributed by atoms with E-state index in [1.54, 1.807) is 13.8 Å². The normalized spacial score (nSPS) is 10.4. The molecule has 104 valence electrons. The monoisotopic (exact) mass is 280 g/mol. The summed E-state index contributed by atoms with van der Waals surface area (Å²) in [5.74, 6) is 0.552. The number of rotatable bonds is 8. The van der Waals surface area contributed by atoms with Crippen LogP contribution in [-0.2, 0) is 0 Å². The summed E-state index contributed by atoms with van der Waals surface area (Å²) in [6, 6.07) is 0. The largest absolute Gasteiger partial charge is 0.478 e. The molecular formula is C14H20N2O2S. The van der Waals surface area contributed by atoms with Crippen molar-refractivity contribution in [3.05, 3.63) is 29.7 Å². The molecule has 0 saturated carbocycles. The Kier molecular flexibility index (Phi) is 6.56. The van der Waals surface area contributed by atoms with Crippen molar-refractivity contribution in [3.8, 4) is 0 Å². The number of thioether (sulfide) groups is 1. The SMILES string of the molecule is C=CCCCCCSc1nc(C)nc(C)c1C(=O)O. The lowest BCUT2D eigenvalue weighted by Crippen LogP contribution is -2.08. The Labute approximate surface area is 118 Å². The van der Waals surface area contributed by atoms with Crippen molar-refractivity contribution in [3.63, 3.8) is 0 Å². The molecule has 0 atom stereocenters. The van der Waals surface area contributed by atoms with E-state index in [0.29, 0.717) is 16.5 Å². The maximum absolute atomic E-state index is 11.2. The molecule has 1 heterocycles. The molecule has 0 amide bonds. The second-order valence-electron chi connectivity index (χ2n) is 4.33. The molecule has 0 aromatic carbocycles. The van der Waals surface area contributed by atoms with E-state index in [2.05, 4.69) is 16.5 Å². The zero-order valence-electron chi connectivity index (χ0n) is 11.5. The number of allylic oxidation sites excluding steroid dienone is 1. The summed E-state index contributed by atoms with van der Waals surface area (Å²) in [7, 11) is 0. The average molecular weight is 280 g/mol. The maximum Gasteiger partial charge on any atom is 0.340 e. The first-order valence-corrected chi connectivity index (χ1v) is 7.37. The Morgan fingerprint density at radius 1 is 1.32 bits per heavy atom. The number of carboxylic acids is 1. The molecule has 0 saturated heterocycles. The summed E-state index contributed by atoms with van der Waals surface area (Å²) in [6.45, 7) is 7.19. The second-order valence-corrected chi connectivity index (χ2v) is 5.41. The Bertz CT molecular complexity index is 461. The van der Waals surface area contributed by atoms with Crippen molar-refractivity contribution >= 4 is 17.7 Å². The van der Waals surface area contributed by atoms with Gasteiger partial charge >= 0.3 is 5.97 Å². The van der Waals surface area contributed by atoms with E-state index < -0.39 is 5.97 Å². The summed E-state index contributed by atoms with van der Waals surface area (Å²) in [6.07, 6.45) is 6.28. The third kappa shape index (κ3) is 5.03. The highest BCUT2D eigenvalue weighted by atomic mass is 32.2. The summed E-state index contributed by atoms with van der Waals surface area (Å²) >= 11 is 1.50. The van der Waals surface area contributed by atoms with Gasteiger partial charge in [-0.1, -0.05) is 12.5 Å². The highest BCUT2D eigenvalue weighted by Gasteiger charge is 2.16. The first kappa shape index (κ1) is 15.7. The van der Waals surface area contributed by atoms with Crippen LogP contribution in [-0.4, -0.2) is 26.8 Å². The topological polar surface area (TPSA) is 63.1 Å². The van der Waals surface area contributed by atoms with Gasteiger partial charge < -0.3 is 5.11 Å². The van der Waals surface area contributed by atoms with E-state index in [-0.39, 0.29) is 5.56 Å². The van der Waals surface area contributed by atoms with E-state index in [1.807, 2.05) is 6.08 Å². The van der Waals surface area contributed by atoms with Gasteiger partial charge in [0.2, 0.25) is 0 Å². The lowest BCUT2D eigenvalue weighted by molar-refractivity contribution is 0.0690. The maximum atomic E-state index is 11.2. The number of aromatic carboxylic acids is 1. The molecule has 1 aromatic heterocycles. The van der Waals surface area contributed by atoms with Crippen LogP contribution in [0.4, 0.5) is 0 Å². The van der Waals surface area contributed by atoms with Gasteiger partial charge in [0.15, 0.2) is 0 Å². The third-order valence-electron chi connectivity index (χ3n) is 2.67. The molecule has 0 aliphatic carbocycles. The van der Waals surface area contributed by atoms with Crippen LogP contribution in [0.2, 0.25) is 0 Å². The zero-order valence-corrected chi connectivity index (χ0v) is 12.3. The second kappa shape index (κ2) is 7.94. The van der Waals surface area contributed by atoms with Crippen molar-refractivity contribution in [2.24, 2.45) is 0 Å². The Hall–Kier alpha value is -1.36. The van der Waals surface area contributed by atoms with E-state index >= 15 is 0 Å². The van der Waals surface area contributed by atoms with Crippen LogP contribution >= 0.6 is 11.8 Å². The lowest BCUT2D eigenvalue weighted by Gasteiger charge is -2.08. The number of aryl methyl sites for hydroxylation is 2. The van der Waals surface area contributed by atoms with Crippen LogP contribution in [0.15, 0.2) is 17.7 Å². The molecule has 1 N–H and O–H groups in total. The van der Waals surface area contributed by atoms with Crippen LogP contribution in [0.25, 0.3) is 0 Å². The number of carboxylic acid groups (broad SMARTS) is 1. The van der Waals surface area contributed by atoms with Crippen LogP contribution in [0, 0.1) is 13.8 Å². The molecule has 4 nitrogen and oxygen atoms in total. The average Bonchev–Trinajstić information content (AvgIpc) is 2.32.